The standard InChI is InChI=1S/C23H31N3O3S/c1-18-11-12-21(15-19(18)2)30(28,29)25(4)17-23(27)24(3)16-20-9-5-6-10-22(20)26-13-7-8-14-26/h5-6,9-12,15H,7-8,13-14,16-17H2,1-4H3. The van der Waals surface area contributed by atoms with Crippen molar-refractivity contribution < 1.29 is 13.2 Å². The summed E-state index contributed by atoms with van der Waals surface area (Å²) in [7, 11) is -0.549. The third-order valence-corrected chi connectivity index (χ3v) is 7.62. The lowest BCUT2D eigenvalue weighted by molar-refractivity contribution is -0.130. The van der Waals surface area contributed by atoms with E-state index in [9.17, 15) is 13.2 Å². The van der Waals surface area contributed by atoms with Crippen molar-refractivity contribution in [1.29, 1.82) is 0 Å². The molecule has 1 saturated heterocycles. The van der Waals surface area contributed by atoms with E-state index in [-0.39, 0.29) is 17.3 Å². The molecule has 3 rings (SSSR count). The van der Waals surface area contributed by atoms with Crippen LogP contribution < -0.4 is 4.90 Å². The minimum atomic E-state index is -3.72. The Kier molecular flexibility index (Phi) is 6.83. The number of sulfonamides is 1. The van der Waals surface area contributed by atoms with Crippen molar-refractivity contribution in [3.63, 3.8) is 0 Å². The zero-order valence-corrected chi connectivity index (χ0v) is 19.1. The molecule has 1 amide bonds. The van der Waals surface area contributed by atoms with Gasteiger partial charge in [-0.1, -0.05) is 24.3 Å². The predicted molar refractivity (Wildman–Crippen MR) is 120 cm³/mol. The summed E-state index contributed by atoms with van der Waals surface area (Å²) in [5.74, 6) is -0.235. The highest BCUT2D eigenvalue weighted by Crippen LogP contribution is 2.25. The molecule has 6 nitrogen and oxygen atoms in total. The van der Waals surface area contributed by atoms with Gasteiger partial charge in [0.25, 0.3) is 0 Å². The van der Waals surface area contributed by atoms with Crippen LogP contribution in [0, 0.1) is 13.8 Å². The average Bonchev–Trinajstić information content (AvgIpc) is 3.24. The zero-order chi connectivity index (χ0) is 21.9. The second-order valence-electron chi connectivity index (χ2n) is 8.08. The van der Waals surface area contributed by atoms with E-state index in [1.807, 2.05) is 32.0 Å². The number of aryl methyl sites for hydroxylation is 2. The largest absolute Gasteiger partial charge is 0.371 e. The van der Waals surface area contributed by atoms with Gasteiger partial charge in [0.1, 0.15) is 0 Å². The molecule has 0 N–H and O–H groups in total. The Morgan fingerprint density at radius 3 is 2.33 bits per heavy atom. The monoisotopic (exact) mass is 429 g/mol. The number of amides is 1. The highest BCUT2D eigenvalue weighted by Gasteiger charge is 2.25. The van der Waals surface area contributed by atoms with Crippen LogP contribution in [-0.2, 0) is 21.4 Å². The first-order valence-corrected chi connectivity index (χ1v) is 11.7. The van der Waals surface area contributed by atoms with Gasteiger partial charge in [0.05, 0.1) is 11.4 Å². The Bertz CT molecular complexity index is 1010. The number of carbonyl (C=O) groups excluding carboxylic acids is 1. The minimum Gasteiger partial charge on any atom is -0.371 e. The van der Waals surface area contributed by atoms with Gasteiger partial charge in [-0.2, -0.15) is 4.31 Å². The van der Waals surface area contributed by atoms with Gasteiger partial charge in [-0.25, -0.2) is 8.42 Å². The van der Waals surface area contributed by atoms with Gasteiger partial charge in [0.15, 0.2) is 0 Å². The lowest BCUT2D eigenvalue weighted by atomic mass is 10.1. The fraction of sp³-hybridized carbons (Fsp3) is 0.435. The van der Waals surface area contributed by atoms with Crippen molar-refractivity contribution in [3.8, 4) is 0 Å². The summed E-state index contributed by atoms with van der Waals surface area (Å²) in [5.41, 5.74) is 4.18. The molecule has 7 heteroatoms. The van der Waals surface area contributed by atoms with Crippen molar-refractivity contribution in [3.05, 3.63) is 59.2 Å². The summed E-state index contributed by atoms with van der Waals surface area (Å²) in [5, 5.41) is 0. The Balaban J connectivity index is 1.69. The maximum atomic E-state index is 12.9. The fourth-order valence-corrected chi connectivity index (χ4v) is 4.91. The van der Waals surface area contributed by atoms with E-state index < -0.39 is 10.0 Å². The van der Waals surface area contributed by atoms with Crippen LogP contribution in [0.5, 0.6) is 0 Å². The summed E-state index contributed by atoms with van der Waals surface area (Å²) in [6, 6.07) is 13.2. The normalized spacial score (nSPS) is 14.4. The van der Waals surface area contributed by atoms with Crippen molar-refractivity contribution >= 4 is 21.6 Å². The van der Waals surface area contributed by atoms with Gasteiger partial charge in [-0.3, -0.25) is 4.79 Å². The first-order chi connectivity index (χ1) is 14.2. The zero-order valence-electron chi connectivity index (χ0n) is 18.3. The van der Waals surface area contributed by atoms with E-state index in [0.29, 0.717) is 6.54 Å². The van der Waals surface area contributed by atoms with E-state index in [0.717, 1.165) is 39.8 Å². The molecule has 0 saturated carbocycles. The van der Waals surface area contributed by atoms with Gasteiger partial charge in [0.2, 0.25) is 15.9 Å². The molecular formula is C23H31N3O3S. The Morgan fingerprint density at radius 2 is 1.67 bits per heavy atom. The Morgan fingerprint density at radius 1 is 1.00 bits per heavy atom. The maximum absolute atomic E-state index is 12.9. The lowest BCUT2D eigenvalue weighted by Gasteiger charge is -2.26. The summed E-state index contributed by atoms with van der Waals surface area (Å²) in [4.78, 5) is 17.0. The smallest absolute Gasteiger partial charge is 0.243 e. The van der Waals surface area contributed by atoms with Crippen LogP contribution >= 0.6 is 0 Å². The molecule has 0 spiro atoms. The Labute approximate surface area is 180 Å². The first kappa shape index (κ1) is 22.3. The number of nitrogens with zero attached hydrogens (tertiary/aromatic N) is 3. The van der Waals surface area contributed by atoms with Crippen LogP contribution in [0.4, 0.5) is 5.69 Å². The number of carbonyl (C=O) groups is 1. The molecule has 1 aliphatic heterocycles. The molecule has 162 valence electrons. The van der Waals surface area contributed by atoms with Crippen molar-refractivity contribution in [2.75, 3.05) is 38.6 Å². The molecule has 0 bridgehead atoms. The number of hydrogen-bond acceptors (Lipinski definition) is 4. The van der Waals surface area contributed by atoms with Gasteiger partial charge in [0, 0.05) is 39.4 Å². The molecule has 1 heterocycles. The number of benzene rings is 2. The van der Waals surface area contributed by atoms with Crippen LogP contribution in [0.15, 0.2) is 47.4 Å². The highest BCUT2D eigenvalue weighted by molar-refractivity contribution is 7.89. The SMILES string of the molecule is Cc1ccc(S(=O)(=O)N(C)CC(=O)N(C)Cc2ccccc2N2CCCC2)cc1C. The van der Waals surface area contributed by atoms with E-state index in [2.05, 4.69) is 11.0 Å². The van der Waals surface area contributed by atoms with Crippen molar-refractivity contribution in [1.82, 2.24) is 9.21 Å². The molecular weight excluding hydrogens is 398 g/mol. The summed E-state index contributed by atoms with van der Waals surface area (Å²) in [6.07, 6.45) is 2.37. The molecule has 2 aromatic rings. The quantitative estimate of drug-likeness (QED) is 0.678. The number of hydrogen-bond donors (Lipinski definition) is 0. The maximum Gasteiger partial charge on any atom is 0.243 e. The molecule has 2 aromatic carbocycles. The van der Waals surface area contributed by atoms with E-state index >= 15 is 0 Å². The molecule has 0 aliphatic carbocycles. The van der Waals surface area contributed by atoms with Crippen LogP contribution in [0.2, 0.25) is 0 Å². The minimum absolute atomic E-state index is 0.197. The van der Waals surface area contributed by atoms with Crippen molar-refractivity contribution in [2.24, 2.45) is 0 Å². The molecule has 30 heavy (non-hydrogen) atoms. The molecule has 0 atom stereocenters. The Hall–Kier alpha value is -2.38. The number of likely N-dealkylation sites (N-methyl/N-ethyl adjacent to an activating group) is 2. The average molecular weight is 430 g/mol. The van der Waals surface area contributed by atoms with E-state index in [1.54, 1.807) is 30.1 Å². The van der Waals surface area contributed by atoms with Gasteiger partial charge in [-0.15, -0.1) is 0 Å². The van der Waals surface area contributed by atoms with Crippen LogP contribution in [0.1, 0.15) is 29.5 Å². The van der Waals surface area contributed by atoms with Gasteiger partial charge >= 0.3 is 0 Å². The highest BCUT2D eigenvalue weighted by atomic mass is 32.2. The third kappa shape index (κ3) is 4.84. The van der Waals surface area contributed by atoms with Gasteiger partial charge in [-0.05, 0) is 61.6 Å². The molecule has 0 radical (unpaired) electrons. The third-order valence-electron chi connectivity index (χ3n) is 5.82. The fourth-order valence-electron chi connectivity index (χ4n) is 3.71. The number of para-hydroxylation sites is 1. The van der Waals surface area contributed by atoms with Crippen molar-refractivity contribution in [2.45, 2.75) is 38.1 Å². The van der Waals surface area contributed by atoms with Crippen LogP contribution in [-0.4, -0.2) is 57.3 Å². The molecule has 0 unspecified atom stereocenters. The second kappa shape index (κ2) is 9.18. The summed E-state index contributed by atoms with van der Waals surface area (Å²) in [6.45, 7) is 6.14. The van der Waals surface area contributed by atoms with Crippen LogP contribution in [0.25, 0.3) is 0 Å². The first-order valence-electron chi connectivity index (χ1n) is 10.3. The van der Waals surface area contributed by atoms with E-state index in [4.69, 9.17) is 0 Å². The molecule has 0 aromatic heterocycles. The second-order valence-corrected chi connectivity index (χ2v) is 10.1. The summed E-state index contributed by atoms with van der Waals surface area (Å²) < 4.78 is 26.9. The van der Waals surface area contributed by atoms with Crippen LogP contribution in [0.3, 0.4) is 0 Å². The topological polar surface area (TPSA) is 60.9 Å². The lowest BCUT2D eigenvalue weighted by Crippen LogP contribution is -2.39. The van der Waals surface area contributed by atoms with Gasteiger partial charge < -0.3 is 9.80 Å². The number of rotatable bonds is 7. The van der Waals surface area contributed by atoms with E-state index in [1.165, 1.54) is 19.9 Å². The predicted octanol–water partition coefficient (Wildman–Crippen LogP) is 3.18. The number of anilines is 1. The molecule has 1 fully saturated rings. The summed E-state index contributed by atoms with van der Waals surface area (Å²) >= 11 is 0. The molecule has 1 aliphatic rings.